The Morgan fingerprint density at radius 2 is 1.39 bits per heavy atom. The predicted molar refractivity (Wildman–Crippen MR) is 215 cm³/mol. The van der Waals surface area contributed by atoms with Gasteiger partial charge in [-0.1, -0.05) is 19.9 Å². The first-order valence-electron chi connectivity index (χ1n) is 21.9. The van der Waals surface area contributed by atoms with Crippen LogP contribution in [0.2, 0.25) is 0 Å². The van der Waals surface area contributed by atoms with Crippen molar-refractivity contribution in [1.29, 1.82) is 0 Å². The van der Waals surface area contributed by atoms with Crippen molar-refractivity contribution in [2.45, 2.75) is 153 Å². The number of benzene rings is 1. The first kappa shape index (κ1) is 41.3. The summed E-state index contributed by atoms with van der Waals surface area (Å²) in [5, 5.41) is 7.58. The van der Waals surface area contributed by atoms with Crippen molar-refractivity contribution in [3.05, 3.63) is 40.6 Å². The van der Waals surface area contributed by atoms with E-state index in [0.29, 0.717) is 36.6 Å². The molecule has 2 aromatic rings. The summed E-state index contributed by atoms with van der Waals surface area (Å²) in [7, 11) is 0. The molecule has 57 heavy (non-hydrogen) atoms. The lowest BCUT2D eigenvalue weighted by Crippen LogP contribution is -2.65. The van der Waals surface area contributed by atoms with Crippen LogP contribution in [0.25, 0.3) is 0 Å². The standard InChI is InChI=1S/C43H65ClN2O11/c1-24(2)30-28(22-26-17-18-27(21-25(26)3)51-20-16-19-44)34(46-45-30)57-35-33(56-39(50)43(13,14)15)32(55-38(49)42(10,11)12)31(54-37(48)41(7,8)9)29(53-35)23-52-36(47)40(4,5)6/h17-18,21,24,29,31-33,35H,16,19-20,22-23H2,1-15H3,(H,45,46)/t29-,31-,32+,33-,35?/m1/s1/i4D,7D,10D,13D. The van der Waals surface area contributed by atoms with Gasteiger partial charge in [-0.3, -0.25) is 24.3 Å². The molecule has 1 N–H and O–H groups in total. The number of carbonyl (C=O) groups excluding carboxylic acids is 4. The molecule has 1 fully saturated rings. The van der Waals surface area contributed by atoms with Crippen LogP contribution in [0, 0.1) is 28.6 Å². The zero-order valence-corrected chi connectivity index (χ0v) is 36.1. The molecule has 1 aliphatic rings. The van der Waals surface area contributed by atoms with Gasteiger partial charge in [-0.2, -0.15) is 0 Å². The Balaban J connectivity index is 2.27. The maximum atomic E-state index is 13.9. The number of rotatable bonds is 14. The smallest absolute Gasteiger partial charge is 0.311 e. The summed E-state index contributed by atoms with van der Waals surface area (Å²) in [5.41, 5.74) is -2.20. The van der Waals surface area contributed by atoms with Crippen molar-refractivity contribution < 1.29 is 57.8 Å². The lowest BCUT2D eigenvalue weighted by atomic mass is 9.93. The highest BCUT2D eigenvalue weighted by Gasteiger charge is 2.56. The molecule has 14 heteroatoms. The SMILES string of the molecule is [2H]CC(C)(C)C(=O)OC[C@H]1OC(Oc2n[nH]c(C(C)C)c2Cc2ccc(OCCCCl)cc2C)[C@H](OC(=O)C(C)(C)C[2H])[C@@H](OC(=O)C(C)(C)C[2H])[C@@H]1OC(=O)C(C)(C)C[2H]. The van der Waals surface area contributed by atoms with Gasteiger partial charge in [0.1, 0.15) is 18.5 Å². The largest absolute Gasteiger partial charge is 0.494 e. The number of hydrogen-bond acceptors (Lipinski definition) is 12. The highest BCUT2D eigenvalue weighted by Crippen LogP contribution is 2.37. The molecular formula is C43H65ClN2O11. The Morgan fingerprint density at radius 3 is 1.91 bits per heavy atom. The predicted octanol–water partition coefficient (Wildman–Crippen LogP) is 8.01. The zero-order chi connectivity index (χ0) is 46.1. The molecule has 0 amide bonds. The molecule has 1 saturated heterocycles. The molecule has 0 saturated carbocycles. The molecule has 13 nitrogen and oxygen atoms in total. The second-order valence-corrected chi connectivity index (χ2v) is 18.0. The van der Waals surface area contributed by atoms with Gasteiger partial charge in [0.05, 0.1) is 28.3 Å². The highest BCUT2D eigenvalue weighted by molar-refractivity contribution is 6.17. The van der Waals surface area contributed by atoms with Crippen molar-refractivity contribution in [3.63, 3.8) is 0 Å². The van der Waals surface area contributed by atoms with Crippen LogP contribution in [0.15, 0.2) is 18.2 Å². The van der Waals surface area contributed by atoms with E-state index in [9.17, 15) is 19.2 Å². The van der Waals surface area contributed by atoms with Crippen LogP contribution in [0.3, 0.4) is 0 Å². The fourth-order valence-corrected chi connectivity index (χ4v) is 5.43. The third-order valence-electron chi connectivity index (χ3n) is 8.80. The normalized spacial score (nSPS) is 21.4. The summed E-state index contributed by atoms with van der Waals surface area (Å²) in [5.74, 6) is -2.33. The Bertz CT molecular complexity index is 1820. The number of esters is 4. The molecule has 0 radical (unpaired) electrons. The van der Waals surface area contributed by atoms with Crippen molar-refractivity contribution in [3.8, 4) is 11.6 Å². The maximum Gasteiger partial charge on any atom is 0.311 e. The van der Waals surface area contributed by atoms with Gasteiger partial charge in [0.15, 0.2) is 12.2 Å². The van der Waals surface area contributed by atoms with Gasteiger partial charge in [-0.05, 0) is 126 Å². The quantitative estimate of drug-likeness (QED) is 0.0847. The van der Waals surface area contributed by atoms with Gasteiger partial charge in [0.25, 0.3) is 0 Å². The second-order valence-electron chi connectivity index (χ2n) is 17.6. The first-order chi connectivity index (χ1) is 28.4. The average molecular weight is 825 g/mol. The number of ether oxygens (including phenoxy) is 7. The average Bonchev–Trinajstić information content (AvgIpc) is 3.61. The van der Waals surface area contributed by atoms with Gasteiger partial charge < -0.3 is 33.2 Å². The first-order valence-corrected chi connectivity index (χ1v) is 19.6. The number of aromatic amines is 1. The highest BCUT2D eigenvalue weighted by atomic mass is 35.5. The van der Waals surface area contributed by atoms with Crippen LogP contribution in [0.5, 0.6) is 11.6 Å². The van der Waals surface area contributed by atoms with Gasteiger partial charge in [0.2, 0.25) is 18.3 Å². The number of hydrogen-bond donors (Lipinski definition) is 1. The summed E-state index contributed by atoms with van der Waals surface area (Å²) >= 11 is 5.83. The van der Waals surface area contributed by atoms with Gasteiger partial charge in [-0.15, -0.1) is 16.7 Å². The fourth-order valence-electron chi connectivity index (χ4n) is 5.32. The third kappa shape index (κ3) is 13.1. The number of carbonyl (C=O) groups is 4. The molecule has 5 atom stereocenters. The topological polar surface area (TPSA) is 162 Å². The summed E-state index contributed by atoms with van der Waals surface area (Å²) in [6.45, 7) is 16.2. The number of aryl methyl sites for hydroxylation is 1. The Kier molecular flexibility index (Phi) is 13.6. The molecule has 3 rings (SSSR count). The molecule has 1 aliphatic heterocycles. The summed E-state index contributed by atoms with van der Waals surface area (Å²) in [6.07, 6.45) is -7.15. The van der Waals surface area contributed by atoms with E-state index in [1.165, 1.54) is 55.4 Å². The minimum absolute atomic E-state index is 0.0461. The number of halogens is 1. The number of alkyl halides is 1. The van der Waals surface area contributed by atoms with Crippen LogP contribution in [-0.4, -0.2) is 83.9 Å². The number of nitrogens with one attached hydrogen (secondary N) is 1. The van der Waals surface area contributed by atoms with Crippen LogP contribution in [0.1, 0.15) is 137 Å². The molecular weight excluding hydrogens is 756 g/mol. The minimum atomic E-state index is -1.71. The van der Waals surface area contributed by atoms with Crippen molar-refractivity contribution in [1.82, 2.24) is 10.2 Å². The van der Waals surface area contributed by atoms with E-state index in [0.717, 1.165) is 16.8 Å². The Labute approximate surface area is 349 Å². The second kappa shape index (κ2) is 18.8. The molecule has 0 aliphatic carbocycles. The van der Waals surface area contributed by atoms with Crippen LogP contribution in [-0.2, 0) is 49.3 Å². The summed E-state index contributed by atoms with van der Waals surface area (Å²) < 4.78 is 74.8. The van der Waals surface area contributed by atoms with Crippen molar-refractivity contribution in [2.75, 3.05) is 19.1 Å². The van der Waals surface area contributed by atoms with Crippen molar-refractivity contribution in [2.24, 2.45) is 21.7 Å². The van der Waals surface area contributed by atoms with E-state index in [1.807, 2.05) is 39.0 Å². The molecule has 2 heterocycles. The number of H-pyrrole nitrogens is 1. The maximum absolute atomic E-state index is 13.9. The van der Waals surface area contributed by atoms with Crippen LogP contribution >= 0.6 is 11.6 Å². The number of nitrogens with zero attached hydrogens (tertiary/aromatic N) is 1. The van der Waals surface area contributed by atoms with E-state index in [2.05, 4.69) is 10.2 Å². The number of aromatic nitrogens is 2. The summed E-state index contributed by atoms with van der Waals surface area (Å²) in [6, 6.07) is 5.71. The summed E-state index contributed by atoms with van der Waals surface area (Å²) in [4.78, 5) is 54.8. The van der Waals surface area contributed by atoms with Crippen molar-refractivity contribution >= 4 is 35.5 Å². The molecule has 1 unspecified atom stereocenters. The molecule has 0 bridgehead atoms. The lowest BCUT2D eigenvalue weighted by Gasteiger charge is -2.45. The molecule has 320 valence electrons. The van der Waals surface area contributed by atoms with Gasteiger partial charge in [-0.25, -0.2) is 0 Å². The van der Waals surface area contributed by atoms with Gasteiger partial charge in [0, 0.05) is 29.0 Å². The zero-order valence-electron chi connectivity index (χ0n) is 39.4. The van der Waals surface area contributed by atoms with E-state index in [-0.39, 0.29) is 25.6 Å². The Hall–Kier alpha value is -3.84. The molecule has 1 aromatic carbocycles. The van der Waals surface area contributed by atoms with E-state index in [1.54, 1.807) is 0 Å². The van der Waals surface area contributed by atoms with Gasteiger partial charge >= 0.3 is 23.9 Å². The lowest BCUT2D eigenvalue weighted by molar-refractivity contribution is -0.294. The minimum Gasteiger partial charge on any atom is -0.494 e. The fraction of sp³-hybridized carbons (Fsp3) is 0.698. The van der Waals surface area contributed by atoms with Crippen LogP contribution < -0.4 is 9.47 Å². The molecule has 0 spiro atoms. The monoisotopic (exact) mass is 824 g/mol. The Morgan fingerprint density at radius 1 is 0.842 bits per heavy atom. The van der Waals surface area contributed by atoms with E-state index in [4.69, 9.17) is 50.2 Å². The van der Waals surface area contributed by atoms with E-state index < -0.39 is 96.6 Å². The van der Waals surface area contributed by atoms with Crippen LogP contribution in [0.4, 0.5) is 0 Å². The third-order valence-corrected chi connectivity index (χ3v) is 9.07. The van der Waals surface area contributed by atoms with E-state index >= 15 is 0 Å². The molecule has 1 aromatic heterocycles.